The highest BCUT2D eigenvalue weighted by Crippen LogP contribution is 2.23. The van der Waals surface area contributed by atoms with Gasteiger partial charge >= 0.3 is 0 Å². The molecule has 0 N–H and O–H groups in total. The van der Waals surface area contributed by atoms with E-state index in [9.17, 15) is 9.59 Å². The van der Waals surface area contributed by atoms with Gasteiger partial charge in [0.25, 0.3) is 0 Å². The molecule has 0 radical (unpaired) electrons. The van der Waals surface area contributed by atoms with Crippen molar-refractivity contribution in [2.75, 3.05) is 7.05 Å². The minimum Gasteiger partial charge on any atom is -0.341 e. The Morgan fingerprint density at radius 3 is 2.56 bits per heavy atom. The number of rotatable bonds is 5. The Balaban J connectivity index is 2.42. The number of halogens is 1. The number of ketones is 1. The van der Waals surface area contributed by atoms with Gasteiger partial charge in [0, 0.05) is 24.8 Å². The lowest BCUT2D eigenvalue weighted by Crippen LogP contribution is -2.25. The predicted octanol–water partition coefficient (Wildman–Crippen LogP) is 2.84. The van der Waals surface area contributed by atoms with Gasteiger partial charge in [-0.2, -0.15) is 0 Å². The molecule has 0 unspecified atom stereocenters. The molecule has 3 nitrogen and oxygen atoms in total. The summed E-state index contributed by atoms with van der Waals surface area (Å²) in [7, 11) is 1.76. The Bertz CT molecular complexity index is 389. The predicted molar refractivity (Wildman–Crippen MR) is 68.4 cm³/mol. The van der Waals surface area contributed by atoms with E-state index in [4.69, 9.17) is 0 Å². The van der Waals surface area contributed by atoms with E-state index in [0.29, 0.717) is 19.4 Å². The number of carbonyl (C=O) groups excluding carboxylic acids is 2. The van der Waals surface area contributed by atoms with Crippen LogP contribution in [0.2, 0.25) is 0 Å². The van der Waals surface area contributed by atoms with Gasteiger partial charge in [-0.3, -0.25) is 4.79 Å². The van der Waals surface area contributed by atoms with Crippen LogP contribution in [0.1, 0.15) is 24.6 Å². The molecule has 0 aliphatic rings. The number of Topliss-reactive ketones (excluding diaryl/α,β-unsaturated/α-hetero) is 1. The highest BCUT2D eigenvalue weighted by Gasteiger charge is 2.10. The third-order valence-corrected chi connectivity index (χ3v) is 3.75. The molecule has 0 aromatic carbocycles. The molecule has 0 spiro atoms. The summed E-state index contributed by atoms with van der Waals surface area (Å²) in [6.45, 7) is 2.11. The van der Waals surface area contributed by atoms with Crippen molar-refractivity contribution in [2.45, 2.75) is 26.3 Å². The van der Waals surface area contributed by atoms with Gasteiger partial charge in [-0.25, -0.2) is 0 Å². The standard InChI is InChI=1S/C11H14BrNO2S/c1-8(14)3-6-11(15)13(2)7-9-4-5-10(12)16-9/h4-5H,3,6-7H2,1-2H3. The van der Waals surface area contributed by atoms with Crippen molar-refractivity contribution in [3.63, 3.8) is 0 Å². The van der Waals surface area contributed by atoms with E-state index < -0.39 is 0 Å². The average molecular weight is 304 g/mol. The SMILES string of the molecule is CC(=O)CCC(=O)N(C)Cc1ccc(Br)s1. The van der Waals surface area contributed by atoms with Crippen LogP contribution in [-0.2, 0) is 16.1 Å². The van der Waals surface area contributed by atoms with Crippen molar-refractivity contribution in [3.05, 3.63) is 20.8 Å². The molecule has 1 amide bonds. The molecule has 1 aromatic rings. The minimum absolute atomic E-state index is 0.0136. The van der Waals surface area contributed by atoms with Crippen LogP contribution < -0.4 is 0 Å². The second-order valence-corrected chi connectivity index (χ2v) is 6.21. The van der Waals surface area contributed by atoms with Crippen LogP contribution in [0, 0.1) is 0 Å². The molecule has 1 rings (SSSR count). The second kappa shape index (κ2) is 6.15. The van der Waals surface area contributed by atoms with E-state index in [2.05, 4.69) is 15.9 Å². The molecule has 0 atom stereocenters. The summed E-state index contributed by atoms with van der Waals surface area (Å²) in [6.07, 6.45) is 0.635. The van der Waals surface area contributed by atoms with Crippen LogP contribution in [0.15, 0.2) is 15.9 Å². The maximum Gasteiger partial charge on any atom is 0.223 e. The Morgan fingerprint density at radius 2 is 2.06 bits per heavy atom. The molecule has 16 heavy (non-hydrogen) atoms. The van der Waals surface area contributed by atoms with Gasteiger partial charge in [0.05, 0.1) is 10.3 Å². The zero-order valence-corrected chi connectivity index (χ0v) is 11.7. The van der Waals surface area contributed by atoms with Crippen LogP contribution in [0.4, 0.5) is 0 Å². The Hall–Kier alpha value is -0.680. The summed E-state index contributed by atoms with van der Waals surface area (Å²) in [5.41, 5.74) is 0. The monoisotopic (exact) mass is 303 g/mol. The summed E-state index contributed by atoms with van der Waals surface area (Å²) < 4.78 is 1.06. The number of amides is 1. The van der Waals surface area contributed by atoms with Crippen molar-refractivity contribution in [3.8, 4) is 0 Å². The molecule has 0 bridgehead atoms. The quantitative estimate of drug-likeness (QED) is 0.839. The number of nitrogens with zero attached hydrogens (tertiary/aromatic N) is 1. The maximum atomic E-state index is 11.6. The van der Waals surface area contributed by atoms with E-state index in [0.717, 1.165) is 8.66 Å². The second-order valence-electron chi connectivity index (χ2n) is 3.66. The molecule has 0 saturated carbocycles. The van der Waals surface area contributed by atoms with Crippen molar-refractivity contribution in [1.29, 1.82) is 0 Å². The highest BCUT2D eigenvalue weighted by atomic mass is 79.9. The molecule has 0 aliphatic carbocycles. The molecule has 0 fully saturated rings. The van der Waals surface area contributed by atoms with Crippen molar-refractivity contribution < 1.29 is 9.59 Å². The molecule has 0 saturated heterocycles. The first-order valence-corrected chi connectivity index (χ1v) is 6.57. The van der Waals surface area contributed by atoms with Crippen LogP contribution in [-0.4, -0.2) is 23.6 Å². The number of carbonyl (C=O) groups is 2. The fraction of sp³-hybridized carbons (Fsp3) is 0.455. The molecule has 5 heteroatoms. The minimum atomic E-state index is 0.0136. The molecular formula is C11H14BrNO2S. The van der Waals surface area contributed by atoms with Gasteiger partial charge in [-0.05, 0) is 35.0 Å². The van der Waals surface area contributed by atoms with E-state index in [1.54, 1.807) is 23.3 Å². The largest absolute Gasteiger partial charge is 0.341 e. The molecule has 1 aromatic heterocycles. The van der Waals surface area contributed by atoms with Crippen molar-refractivity contribution in [2.24, 2.45) is 0 Å². The van der Waals surface area contributed by atoms with E-state index in [1.165, 1.54) is 6.92 Å². The van der Waals surface area contributed by atoms with Gasteiger partial charge in [-0.1, -0.05) is 0 Å². The van der Waals surface area contributed by atoms with Gasteiger partial charge in [0.15, 0.2) is 0 Å². The third-order valence-electron chi connectivity index (χ3n) is 2.14. The van der Waals surface area contributed by atoms with Gasteiger partial charge < -0.3 is 9.69 Å². The lowest BCUT2D eigenvalue weighted by molar-refractivity contribution is -0.132. The normalized spacial score (nSPS) is 10.2. The number of hydrogen-bond donors (Lipinski definition) is 0. The highest BCUT2D eigenvalue weighted by molar-refractivity contribution is 9.11. The summed E-state index contributed by atoms with van der Waals surface area (Å²) in [5, 5.41) is 0. The number of thiophene rings is 1. The van der Waals surface area contributed by atoms with Crippen LogP contribution in [0.25, 0.3) is 0 Å². The van der Waals surface area contributed by atoms with Gasteiger partial charge in [0.2, 0.25) is 5.91 Å². The number of hydrogen-bond acceptors (Lipinski definition) is 3. The first kappa shape index (κ1) is 13.4. The summed E-state index contributed by atoms with van der Waals surface area (Å²) in [4.78, 5) is 25.2. The lowest BCUT2D eigenvalue weighted by Gasteiger charge is -2.15. The van der Waals surface area contributed by atoms with Gasteiger partial charge in [-0.15, -0.1) is 11.3 Å². The third kappa shape index (κ3) is 4.45. The van der Waals surface area contributed by atoms with Crippen LogP contribution in [0.3, 0.4) is 0 Å². The summed E-state index contributed by atoms with van der Waals surface area (Å²) >= 11 is 4.99. The molecule has 0 aliphatic heterocycles. The molecular weight excluding hydrogens is 290 g/mol. The Morgan fingerprint density at radius 1 is 1.38 bits per heavy atom. The lowest BCUT2D eigenvalue weighted by atomic mass is 10.2. The molecule has 1 heterocycles. The summed E-state index contributed by atoms with van der Waals surface area (Å²) in [5.74, 6) is 0.0698. The van der Waals surface area contributed by atoms with E-state index in [-0.39, 0.29) is 11.7 Å². The van der Waals surface area contributed by atoms with Gasteiger partial charge in [0.1, 0.15) is 5.78 Å². The van der Waals surface area contributed by atoms with Crippen molar-refractivity contribution in [1.82, 2.24) is 4.90 Å². The zero-order chi connectivity index (χ0) is 12.1. The fourth-order valence-electron chi connectivity index (χ4n) is 1.23. The van der Waals surface area contributed by atoms with Crippen LogP contribution in [0.5, 0.6) is 0 Å². The van der Waals surface area contributed by atoms with Crippen LogP contribution >= 0.6 is 27.3 Å². The van der Waals surface area contributed by atoms with Crippen molar-refractivity contribution >= 4 is 39.0 Å². The average Bonchev–Trinajstić information content (AvgIpc) is 2.60. The fourth-order valence-corrected chi connectivity index (χ4v) is 2.77. The topological polar surface area (TPSA) is 37.4 Å². The smallest absolute Gasteiger partial charge is 0.223 e. The molecule has 88 valence electrons. The Labute approximate surface area is 108 Å². The zero-order valence-electron chi connectivity index (χ0n) is 9.33. The first-order valence-electron chi connectivity index (χ1n) is 4.96. The van der Waals surface area contributed by atoms with E-state index >= 15 is 0 Å². The Kier molecular flexibility index (Phi) is 5.15. The summed E-state index contributed by atoms with van der Waals surface area (Å²) in [6, 6.07) is 3.96. The van der Waals surface area contributed by atoms with E-state index in [1.807, 2.05) is 12.1 Å². The first-order chi connectivity index (χ1) is 7.49. The maximum absolute atomic E-state index is 11.6.